The Morgan fingerprint density at radius 3 is 2.63 bits per heavy atom. The number of anilines is 1. The van der Waals surface area contributed by atoms with Crippen LogP contribution in [0, 0.1) is 0 Å². The summed E-state index contributed by atoms with van der Waals surface area (Å²) in [6.45, 7) is 5.20. The largest absolute Gasteiger partial charge is 0.307 e. The molecule has 3 aromatic rings. The van der Waals surface area contributed by atoms with E-state index in [4.69, 9.17) is 0 Å². The maximum atomic E-state index is 12.5. The lowest BCUT2D eigenvalue weighted by Gasteiger charge is -2.32. The van der Waals surface area contributed by atoms with Gasteiger partial charge in [-0.05, 0) is 37.5 Å². The molecule has 6 heteroatoms. The molecule has 0 unspecified atom stereocenters. The Morgan fingerprint density at radius 1 is 1.10 bits per heavy atom. The first-order valence-corrected chi connectivity index (χ1v) is 10.4. The van der Waals surface area contributed by atoms with Crippen LogP contribution < -0.4 is 5.32 Å². The van der Waals surface area contributed by atoms with Crippen molar-refractivity contribution in [1.82, 2.24) is 19.7 Å². The van der Waals surface area contributed by atoms with Gasteiger partial charge in [0, 0.05) is 38.1 Å². The lowest BCUT2D eigenvalue weighted by atomic mass is 10.0. The van der Waals surface area contributed by atoms with Gasteiger partial charge >= 0.3 is 0 Å². The Bertz CT molecular complexity index is 989. The van der Waals surface area contributed by atoms with Gasteiger partial charge in [-0.15, -0.1) is 0 Å². The molecule has 4 rings (SSSR count). The number of benzene rings is 1. The Morgan fingerprint density at radius 2 is 1.90 bits per heavy atom. The quantitative estimate of drug-likeness (QED) is 0.670. The molecule has 3 heterocycles. The fourth-order valence-corrected chi connectivity index (χ4v) is 3.94. The van der Waals surface area contributed by atoms with Crippen molar-refractivity contribution in [3.8, 4) is 0 Å². The summed E-state index contributed by atoms with van der Waals surface area (Å²) in [4.78, 5) is 19.0. The summed E-state index contributed by atoms with van der Waals surface area (Å²) < 4.78 is 1.96. The van der Waals surface area contributed by atoms with E-state index in [2.05, 4.69) is 57.6 Å². The van der Waals surface area contributed by atoms with Crippen LogP contribution in [0.25, 0.3) is 6.08 Å². The third-order valence-corrected chi connectivity index (χ3v) is 5.42. The van der Waals surface area contributed by atoms with Gasteiger partial charge in [0.2, 0.25) is 0 Å². The highest BCUT2D eigenvalue weighted by molar-refractivity contribution is 6.03. The Balaban J connectivity index is 1.33. The van der Waals surface area contributed by atoms with Crippen LogP contribution in [0.15, 0.2) is 72.7 Å². The Labute approximate surface area is 177 Å². The minimum atomic E-state index is -0.163. The number of nitrogens with one attached hydrogen (secondary N) is 1. The van der Waals surface area contributed by atoms with Crippen LogP contribution in [-0.4, -0.2) is 45.2 Å². The van der Waals surface area contributed by atoms with Crippen molar-refractivity contribution in [1.29, 1.82) is 0 Å². The molecule has 30 heavy (non-hydrogen) atoms. The van der Waals surface area contributed by atoms with Gasteiger partial charge in [0.15, 0.2) is 0 Å². The molecule has 1 fully saturated rings. The van der Waals surface area contributed by atoms with Gasteiger partial charge in [0.25, 0.3) is 5.91 Å². The van der Waals surface area contributed by atoms with Crippen LogP contribution in [0.3, 0.4) is 0 Å². The van der Waals surface area contributed by atoms with Crippen LogP contribution in [0.4, 0.5) is 5.82 Å². The standard InChI is InChI=1S/C24H27N5O/c1-19(16-20-6-3-2-4-7-20)18-28-14-10-22(11-15-28)29-23(9-13-26-29)27-24(30)21-8-5-12-25-17-21/h2-9,12-13,16-17,22H,10-11,14-15,18H2,1H3,(H,27,30)/b19-16+. The van der Waals surface area contributed by atoms with Crippen LogP contribution in [0.5, 0.6) is 0 Å². The first kappa shape index (κ1) is 20.0. The number of hydrogen-bond donors (Lipinski definition) is 1. The molecule has 1 aromatic carbocycles. The SMILES string of the molecule is C/C(=C\c1ccccc1)CN1CCC(n2nccc2NC(=O)c2cccnc2)CC1. The number of carbonyl (C=O) groups excluding carboxylic acids is 1. The molecule has 0 saturated carbocycles. The molecule has 1 N–H and O–H groups in total. The molecule has 0 atom stereocenters. The van der Waals surface area contributed by atoms with E-state index in [1.54, 1.807) is 30.7 Å². The van der Waals surface area contributed by atoms with Crippen LogP contribution in [0.2, 0.25) is 0 Å². The number of likely N-dealkylation sites (tertiary alicyclic amines) is 1. The molecular weight excluding hydrogens is 374 g/mol. The van der Waals surface area contributed by atoms with Crippen LogP contribution in [0.1, 0.15) is 41.7 Å². The number of aromatic nitrogens is 3. The average molecular weight is 402 g/mol. The smallest absolute Gasteiger partial charge is 0.258 e. The van der Waals surface area contributed by atoms with Crippen molar-refractivity contribution < 1.29 is 4.79 Å². The third kappa shape index (κ3) is 5.02. The number of amides is 1. The molecule has 0 radical (unpaired) electrons. The second kappa shape index (κ2) is 9.50. The summed E-state index contributed by atoms with van der Waals surface area (Å²) in [5, 5.41) is 7.46. The van der Waals surface area contributed by atoms with Gasteiger partial charge in [-0.1, -0.05) is 42.0 Å². The van der Waals surface area contributed by atoms with Crippen molar-refractivity contribution in [3.05, 3.63) is 83.8 Å². The number of piperidine rings is 1. The topological polar surface area (TPSA) is 63.1 Å². The average Bonchev–Trinajstić information content (AvgIpc) is 3.23. The highest BCUT2D eigenvalue weighted by Crippen LogP contribution is 2.26. The highest BCUT2D eigenvalue weighted by atomic mass is 16.1. The monoisotopic (exact) mass is 401 g/mol. The number of carbonyl (C=O) groups is 1. The third-order valence-electron chi connectivity index (χ3n) is 5.42. The zero-order valence-corrected chi connectivity index (χ0v) is 17.2. The number of rotatable bonds is 6. The maximum absolute atomic E-state index is 12.5. The first-order chi connectivity index (χ1) is 14.7. The predicted molar refractivity (Wildman–Crippen MR) is 119 cm³/mol. The zero-order valence-electron chi connectivity index (χ0n) is 17.2. The minimum Gasteiger partial charge on any atom is -0.307 e. The summed E-state index contributed by atoms with van der Waals surface area (Å²) in [6, 6.07) is 16.1. The van der Waals surface area contributed by atoms with Crippen molar-refractivity contribution in [2.24, 2.45) is 0 Å². The number of nitrogens with zero attached hydrogens (tertiary/aromatic N) is 4. The molecular formula is C24H27N5O. The van der Waals surface area contributed by atoms with E-state index in [0.717, 1.165) is 38.3 Å². The predicted octanol–water partition coefficient (Wildman–Crippen LogP) is 4.27. The minimum absolute atomic E-state index is 0.163. The fourth-order valence-electron chi connectivity index (χ4n) is 3.94. The zero-order chi connectivity index (χ0) is 20.8. The molecule has 2 aromatic heterocycles. The molecule has 0 aliphatic carbocycles. The van der Waals surface area contributed by atoms with E-state index in [9.17, 15) is 4.79 Å². The number of hydrogen-bond acceptors (Lipinski definition) is 4. The van der Waals surface area contributed by atoms with Crippen molar-refractivity contribution in [2.75, 3.05) is 25.0 Å². The van der Waals surface area contributed by atoms with Crippen LogP contribution >= 0.6 is 0 Å². The van der Waals surface area contributed by atoms with Gasteiger partial charge in [0.1, 0.15) is 5.82 Å². The van der Waals surface area contributed by atoms with Crippen molar-refractivity contribution in [2.45, 2.75) is 25.8 Å². The fraction of sp³-hybridized carbons (Fsp3) is 0.292. The normalized spacial score (nSPS) is 15.8. The van der Waals surface area contributed by atoms with Gasteiger partial charge in [-0.2, -0.15) is 5.10 Å². The van der Waals surface area contributed by atoms with E-state index >= 15 is 0 Å². The van der Waals surface area contributed by atoms with E-state index in [1.165, 1.54) is 11.1 Å². The van der Waals surface area contributed by atoms with E-state index < -0.39 is 0 Å². The molecule has 154 valence electrons. The van der Waals surface area contributed by atoms with E-state index in [1.807, 2.05) is 16.8 Å². The van der Waals surface area contributed by atoms with E-state index in [0.29, 0.717) is 11.6 Å². The second-order valence-electron chi connectivity index (χ2n) is 7.77. The molecule has 0 bridgehead atoms. The summed E-state index contributed by atoms with van der Waals surface area (Å²) in [5.74, 6) is 0.575. The van der Waals surface area contributed by atoms with Crippen molar-refractivity contribution in [3.63, 3.8) is 0 Å². The summed E-state index contributed by atoms with van der Waals surface area (Å²) in [5.41, 5.74) is 3.15. The molecule has 1 aliphatic rings. The lowest BCUT2D eigenvalue weighted by Crippen LogP contribution is -2.36. The molecule has 1 aliphatic heterocycles. The summed E-state index contributed by atoms with van der Waals surface area (Å²) >= 11 is 0. The second-order valence-corrected chi connectivity index (χ2v) is 7.77. The van der Waals surface area contributed by atoms with Crippen LogP contribution in [-0.2, 0) is 0 Å². The number of pyridine rings is 1. The maximum Gasteiger partial charge on any atom is 0.258 e. The van der Waals surface area contributed by atoms with Crippen molar-refractivity contribution >= 4 is 17.8 Å². The van der Waals surface area contributed by atoms with Gasteiger partial charge in [-0.25, -0.2) is 4.68 Å². The highest BCUT2D eigenvalue weighted by Gasteiger charge is 2.23. The van der Waals surface area contributed by atoms with Gasteiger partial charge in [-0.3, -0.25) is 14.7 Å². The summed E-state index contributed by atoms with van der Waals surface area (Å²) in [7, 11) is 0. The molecule has 6 nitrogen and oxygen atoms in total. The van der Waals surface area contributed by atoms with E-state index in [-0.39, 0.29) is 5.91 Å². The molecule has 1 saturated heterocycles. The summed E-state index contributed by atoms with van der Waals surface area (Å²) in [6.07, 6.45) is 9.25. The first-order valence-electron chi connectivity index (χ1n) is 10.4. The molecule has 1 amide bonds. The van der Waals surface area contributed by atoms with Gasteiger partial charge < -0.3 is 5.32 Å². The lowest BCUT2D eigenvalue weighted by molar-refractivity contribution is 0.102. The van der Waals surface area contributed by atoms with Gasteiger partial charge in [0.05, 0.1) is 17.8 Å². The Hall–Kier alpha value is -3.25. The Kier molecular flexibility index (Phi) is 6.35. The molecule has 0 spiro atoms.